The summed E-state index contributed by atoms with van der Waals surface area (Å²) >= 11 is 0. The smallest absolute Gasteiger partial charge is 0.119 e. The Bertz CT molecular complexity index is 394. The predicted octanol–water partition coefficient (Wildman–Crippen LogP) is 3.18. The third-order valence-corrected chi connectivity index (χ3v) is 2.90. The molecule has 2 nitrogen and oxygen atoms in total. The van der Waals surface area contributed by atoms with Crippen LogP contribution in [0.4, 0.5) is 0 Å². The van der Waals surface area contributed by atoms with Gasteiger partial charge in [-0.15, -0.1) is 0 Å². The number of aliphatic hydroxyl groups excluding tert-OH is 1. The number of rotatable bonds is 1. The highest BCUT2D eigenvalue weighted by Gasteiger charge is 2.14. The quantitative estimate of drug-likeness (QED) is 0.761. The lowest BCUT2D eigenvalue weighted by Gasteiger charge is -2.08. The zero-order valence-corrected chi connectivity index (χ0v) is 9.16. The van der Waals surface area contributed by atoms with Gasteiger partial charge in [0.15, 0.2) is 0 Å². The van der Waals surface area contributed by atoms with Crippen LogP contribution in [0.2, 0.25) is 0 Å². The summed E-state index contributed by atoms with van der Waals surface area (Å²) < 4.78 is 5.18. The molecule has 0 aliphatic heterocycles. The molecule has 0 spiro atoms. The van der Waals surface area contributed by atoms with Crippen molar-refractivity contribution in [1.29, 1.82) is 0 Å². The number of hydrogen-bond donors (Lipinski definition) is 1. The summed E-state index contributed by atoms with van der Waals surface area (Å²) in [6, 6.07) is 5.83. The molecule has 2 rings (SSSR count). The van der Waals surface area contributed by atoms with Crippen molar-refractivity contribution in [2.24, 2.45) is 5.92 Å². The number of benzene rings is 1. The maximum atomic E-state index is 9.90. The Morgan fingerprint density at radius 1 is 1.40 bits per heavy atom. The Hall–Kier alpha value is -1.44. The molecule has 15 heavy (non-hydrogen) atoms. The molecule has 0 fully saturated rings. The first-order valence-corrected chi connectivity index (χ1v) is 5.29. The van der Waals surface area contributed by atoms with E-state index in [1.54, 1.807) is 7.11 Å². The van der Waals surface area contributed by atoms with Gasteiger partial charge >= 0.3 is 0 Å². The van der Waals surface area contributed by atoms with Gasteiger partial charge in [0, 0.05) is 5.56 Å². The average molecular weight is 204 g/mol. The summed E-state index contributed by atoms with van der Waals surface area (Å²) in [5.41, 5.74) is 2.12. The molecule has 2 heteroatoms. The second-order valence-electron chi connectivity index (χ2n) is 4.09. The second kappa shape index (κ2) is 3.97. The van der Waals surface area contributed by atoms with E-state index in [0.717, 1.165) is 24.2 Å². The Kier molecular flexibility index (Phi) is 2.67. The van der Waals surface area contributed by atoms with Crippen molar-refractivity contribution in [3.05, 3.63) is 35.4 Å². The molecule has 0 radical (unpaired) electrons. The van der Waals surface area contributed by atoms with Gasteiger partial charge in [-0.3, -0.25) is 0 Å². The summed E-state index contributed by atoms with van der Waals surface area (Å²) in [5.74, 6) is 1.69. The number of aliphatic hydroxyl groups is 1. The molecule has 1 aromatic rings. The zero-order valence-electron chi connectivity index (χ0n) is 9.16. The fourth-order valence-corrected chi connectivity index (χ4v) is 1.98. The van der Waals surface area contributed by atoms with Crippen LogP contribution in [0.5, 0.6) is 5.75 Å². The maximum Gasteiger partial charge on any atom is 0.119 e. The summed E-state index contributed by atoms with van der Waals surface area (Å²) in [6.07, 6.45) is 4.00. The minimum atomic E-state index is 0.401. The van der Waals surface area contributed by atoms with E-state index in [4.69, 9.17) is 4.74 Å². The summed E-state index contributed by atoms with van der Waals surface area (Å²) in [5, 5.41) is 9.90. The van der Waals surface area contributed by atoms with Gasteiger partial charge in [-0.25, -0.2) is 0 Å². The van der Waals surface area contributed by atoms with Crippen molar-refractivity contribution in [2.75, 3.05) is 7.11 Å². The maximum absolute atomic E-state index is 9.90. The third-order valence-electron chi connectivity index (χ3n) is 2.90. The molecule has 0 heterocycles. The van der Waals surface area contributed by atoms with Crippen LogP contribution in [0.1, 0.15) is 24.5 Å². The molecule has 1 aliphatic carbocycles. The number of methoxy groups -OCH3 is 1. The Morgan fingerprint density at radius 2 is 2.20 bits per heavy atom. The molecular formula is C13H16O2. The molecule has 80 valence electrons. The normalized spacial score (nSPS) is 20.1. The van der Waals surface area contributed by atoms with E-state index in [9.17, 15) is 5.11 Å². The van der Waals surface area contributed by atoms with E-state index in [1.165, 1.54) is 5.56 Å². The lowest BCUT2D eigenvalue weighted by atomic mass is 10.0. The molecule has 1 aliphatic rings. The summed E-state index contributed by atoms with van der Waals surface area (Å²) in [6.45, 7) is 2.12. The van der Waals surface area contributed by atoms with Crippen molar-refractivity contribution in [1.82, 2.24) is 0 Å². The van der Waals surface area contributed by atoms with E-state index in [1.807, 2.05) is 24.3 Å². The number of allylic oxidation sites excluding steroid dienone is 1. The van der Waals surface area contributed by atoms with Crippen molar-refractivity contribution >= 4 is 5.76 Å². The number of ether oxygens (including phenoxy) is 1. The van der Waals surface area contributed by atoms with Crippen molar-refractivity contribution in [3.8, 4) is 5.75 Å². The van der Waals surface area contributed by atoms with Crippen LogP contribution in [-0.4, -0.2) is 12.2 Å². The Morgan fingerprint density at radius 3 is 2.93 bits per heavy atom. The lowest BCUT2D eigenvalue weighted by Crippen LogP contribution is -1.93. The number of fused-ring (bicyclic) bond motifs is 1. The van der Waals surface area contributed by atoms with Gasteiger partial charge in [0.05, 0.1) is 7.11 Å². The van der Waals surface area contributed by atoms with Crippen LogP contribution >= 0.6 is 0 Å². The molecule has 1 aromatic carbocycles. The van der Waals surface area contributed by atoms with E-state index in [2.05, 4.69) is 6.92 Å². The first-order valence-electron chi connectivity index (χ1n) is 5.29. The summed E-state index contributed by atoms with van der Waals surface area (Å²) in [7, 11) is 1.66. The first kappa shape index (κ1) is 10.1. The van der Waals surface area contributed by atoms with Gasteiger partial charge < -0.3 is 9.84 Å². The monoisotopic (exact) mass is 204 g/mol. The van der Waals surface area contributed by atoms with Gasteiger partial charge in [0.2, 0.25) is 0 Å². The van der Waals surface area contributed by atoms with Crippen LogP contribution in [0.15, 0.2) is 24.3 Å². The highest BCUT2D eigenvalue weighted by molar-refractivity contribution is 5.64. The molecule has 1 N–H and O–H groups in total. The molecule has 0 amide bonds. The highest BCUT2D eigenvalue weighted by Crippen LogP contribution is 2.29. The van der Waals surface area contributed by atoms with Crippen molar-refractivity contribution in [2.45, 2.75) is 19.8 Å². The van der Waals surface area contributed by atoms with Crippen molar-refractivity contribution in [3.63, 3.8) is 0 Å². The van der Waals surface area contributed by atoms with Crippen LogP contribution in [0, 0.1) is 5.92 Å². The van der Waals surface area contributed by atoms with Gasteiger partial charge in [-0.05, 0) is 48.6 Å². The van der Waals surface area contributed by atoms with Crippen LogP contribution in [0.3, 0.4) is 0 Å². The highest BCUT2D eigenvalue weighted by atomic mass is 16.5. The van der Waals surface area contributed by atoms with Gasteiger partial charge in [0.1, 0.15) is 11.5 Å². The average Bonchev–Trinajstić information content (AvgIpc) is 2.38. The van der Waals surface area contributed by atoms with E-state index in [-0.39, 0.29) is 0 Å². The van der Waals surface area contributed by atoms with E-state index in [0.29, 0.717) is 11.7 Å². The minimum absolute atomic E-state index is 0.401. The standard InChI is InChI=1S/C13H16O2/c1-9-3-4-10-8-11(15-2)5-6-12(10)13(14)7-9/h5-9,14H,3-4H2,1-2H3. The largest absolute Gasteiger partial charge is 0.508 e. The van der Waals surface area contributed by atoms with Crippen LogP contribution < -0.4 is 4.74 Å². The van der Waals surface area contributed by atoms with Crippen molar-refractivity contribution < 1.29 is 9.84 Å². The van der Waals surface area contributed by atoms with Gasteiger partial charge in [-0.1, -0.05) is 6.92 Å². The predicted molar refractivity (Wildman–Crippen MR) is 61.1 cm³/mol. The molecule has 1 unspecified atom stereocenters. The van der Waals surface area contributed by atoms with Gasteiger partial charge in [0.25, 0.3) is 0 Å². The number of hydrogen-bond acceptors (Lipinski definition) is 2. The van der Waals surface area contributed by atoms with Crippen LogP contribution in [0.25, 0.3) is 5.76 Å². The topological polar surface area (TPSA) is 29.5 Å². The Balaban J connectivity index is 2.44. The molecule has 0 bridgehead atoms. The number of aryl methyl sites for hydroxylation is 1. The molecule has 0 saturated carbocycles. The molecular weight excluding hydrogens is 188 g/mol. The Labute approximate surface area is 90.2 Å². The summed E-state index contributed by atoms with van der Waals surface area (Å²) in [4.78, 5) is 0. The third kappa shape index (κ3) is 1.99. The fraction of sp³-hybridized carbons (Fsp3) is 0.385. The fourth-order valence-electron chi connectivity index (χ4n) is 1.98. The van der Waals surface area contributed by atoms with Gasteiger partial charge in [-0.2, -0.15) is 0 Å². The van der Waals surface area contributed by atoms with E-state index < -0.39 is 0 Å². The second-order valence-corrected chi connectivity index (χ2v) is 4.09. The van der Waals surface area contributed by atoms with Crippen LogP contribution in [-0.2, 0) is 6.42 Å². The SMILES string of the molecule is COc1ccc2c(c1)CCC(C)C=C2O. The molecule has 0 aromatic heterocycles. The zero-order chi connectivity index (χ0) is 10.8. The first-order chi connectivity index (χ1) is 7.20. The minimum Gasteiger partial charge on any atom is -0.508 e. The van der Waals surface area contributed by atoms with E-state index >= 15 is 0 Å². The molecule has 1 atom stereocenters. The lowest BCUT2D eigenvalue weighted by molar-refractivity contribution is 0.414. The molecule has 0 saturated heterocycles.